The van der Waals surface area contributed by atoms with Crippen LogP contribution >= 0.6 is 0 Å². The summed E-state index contributed by atoms with van der Waals surface area (Å²) < 4.78 is 5.78. The molecule has 0 aliphatic heterocycles. The van der Waals surface area contributed by atoms with Gasteiger partial charge in [-0.2, -0.15) is 0 Å². The highest BCUT2D eigenvalue weighted by Gasteiger charge is 2.13. The van der Waals surface area contributed by atoms with Crippen LogP contribution in [0.2, 0.25) is 0 Å². The number of ether oxygens (including phenoxy) is 1. The maximum Gasteiger partial charge on any atom is 0.159 e. The van der Waals surface area contributed by atoms with Crippen molar-refractivity contribution in [2.24, 2.45) is 0 Å². The van der Waals surface area contributed by atoms with Crippen molar-refractivity contribution >= 4 is 5.78 Å². The van der Waals surface area contributed by atoms with Gasteiger partial charge in [-0.25, -0.2) is 0 Å². The van der Waals surface area contributed by atoms with E-state index in [4.69, 9.17) is 4.74 Å². The van der Waals surface area contributed by atoms with Crippen molar-refractivity contribution in [3.05, 3.63) is 59.7 Å². The molecule has 0 unspecified atom stereocenters. The van der Waals surface area contributed by atoms with Gasteiger partial charge in [-0.3, -0.25) is 4.79 Å². The fourth-order valence-electron chi connectivity index (χ4n) is 1.94. The van der Waals surface area contributed by atoms with E-state index in [1.54, 1.807) is 19.1 Å². The number of Topliss-reactive ketones (excluding diaryl/α,β-unsaturated/α-hetero) is 1. The van der Waals surface area contributed by atoms with Gasteiger partial charge in [0.1, 0.15) is 11.5 Å². The number of ketones is 1. The molecule has 20 heavy (non-hydrogen) atoms. The third-order valence-corrected chi connectivity index (χ3v) is 3.20. The molecule has 2 aromatic carbocycles. The van der Waals surface area contributed by atoms with Crippen LogP contribution in [0, 0.1) is 0 Å². The molecule has 0 aliphatic carbocycles. The lowest BCUT2D eigenvalue weighted by Crippen LogP contribution is -2.10. The second kappa shape index (κ2) is 5.49. The molecule has 0 saturated heterocycles. The molecule has 0 aliphatic rings. The molecule has 0 bridgehead atoms. The Hall–Kier alpha value is -2.09. The average Bonchev–Trinajstić information content (AvgIpc) is 2.38. The first-order valence-corrected chi connectivity index (χ1v) is 6.76. The SMILES string of the molecule is CC(=O)c1cccc(Oc2ccc(C(C)(C)C)cc2)c1. The zero-order chi connectivity index (χ0) is 14.8. The van der Waals surface area contributed by atoms with Crippen LogP contribution in [0.3, 0.4) is 0 Å². The van der Waals surface area contributed by atoms with Gasteiger partial charge in [-0.15, -0.1) is 0 Å². The largest absolute Gasteiger partial charge is 0.457 e. The van der Waals surface area contributed by atoms with Crippen LogP contribution in [-0.4, -0.2) is 5.78 Å². The van der Waals surface area contributed by atoms with Gasteiger partial charge in [0.25, 0.3) is 0 Å². The van der Waals surface area contributed by atoms with Crippen molar-refractivity contribution in [2.75, 3.05) is 0 Å². The molecule has 0 radical (unpaired) electrons. The maximum absolute atomic E-state index is 11.3. The average molecular weight is 268 g/mol. The van der Waals surface area contributed by atoms with Crippen molar-refractivity contribution in [3.63, 3.8) is 0 Å². The van der Waals surface area contributed by atoms with Gasteiger partial charge in [0, 0.05) is 5.56 Å². The Labute approximate surface area is 120 Å². The van der Waals surface area contributed by atoms with Crippen LogP contribution in [0.5, 0.6) is 11.5 Å². The van der Waals surface area contributed by atoms with Gasteiger partial charge in [0.05, 0.1) is 0 Å². The lowest BCUT2D eigenvalue weighted by molar-refractivity contribution is 0.101. The first-order valence-electron chi connectivity index (χ1n) is 6.76. The zero-order valence-electron chi connectivity index (χ0n) is 12.4. The number of hydrogen-bond donors (Lipinski definition) is 0. The zero-order valence-corrected chi connectivity index (χ0v) is 12.4. The van der Waals surface area contributed by atoms with Crippen LogP contribution in [0.15, 0.2) is 48.5 Å². The first-order chi connectivity index (χ1) is 9.36. The molecule has 0 amide bonds. The summed E-state index contributed by atoms with van der Waals surface area (Å²) in [6, 6.07) is 15.3. The maximum atomic E-state index is 11.3. The summed E-state index contributed by atoms with van der Waals surface area (Å²) in [5.74, 6) is 1.50. The fraction of sp³-hybridized carbons (Fsp3) is 0.278. The molecule has 2 rings (SSSR count). The van der Waals surface area contributed by atoms with Gasteiger partial charge >= 0.3 is 0 Å². The molecule has 0 saturated carbocycles. The molecular weight excluding hydrogens is 248 g/mol. The molecular formula is C18H20O2. The second-order valence-corrected chi connectivity index (χ2v) is 5.96. The molecule has 0 N–H and O–H groups in total. The number of carbonyl (C=O) groups is 1. The van der Waals surface area contributed by atoms with Gasteiger partial charge in [0.15, 0.2) is 5.78 Å². The van der Waals surface area contributed by atoms with Crippen molar-refractivity contribution in [2.45, 2.75) is 33.1 Å². The summed E-state index contributed by atoms with van der Waals surface area (Å²) in [6.45, 7) is 8.09. The summed E-state index contributed by atoms with van der Waals surface area (Å²) in [4.78, 5) is 11.3. The highest BCUT2D eigenvalue weighted by Crippen LogP contribution is 2.27. The topological polar surface area (TPSA) is 26.3 Å². The fourth-order valence-corrected chi connectivity index (χ4v) is 1.94. The van der Waals surface area contributed by atoms with E-state index in [0.717, 1.165) is 5.75 Å². The highest BCUT2D eigenvalue weighted by atomic mass is 16.5. The Kier molecular flexibility index (Phi) is 3.93. The van der Waals surface area contributed by atoms with Crippen molar-refractivity contribution in [3.8, 4) is 11.5 Å². The van der Waals surface area contributed by atoms with Crippen molar-refractivity contribution < 1.29 is 9.53 Å². The number of rotatable bonds is 3. The van der Waals surface area contributed by atoms with Gasteiger partial charge in [-0.1, -0.05) is 45.0 Å². The second-order valence-electron chi connectivity index (χ2n) is 5.96. The van der Waals surface area contributed by atoms with Gasteiger partial charge in [0.2, 0.25) is 0 Å². The summed E-state index contributed by atoms with van der Waals surface area (Å²) >= 11 is 0. The summed E-state index contributed by atoms with van der Waals surface area (Å²) in [7, 11) is 0. The van der Waals surface area contributed by atoms with E-state index >= 15 is 0 Å². The third kappa shape index (κ3) is 3.47. The quantitative estimate of drug-likeness (QED) is 0.734. The normalized spacial score (nSPS) is 11.2. The molecule has 0 aromatic heterocycles. The van der Waals surface area contributed by atoms with Crippen molar-refractivity contribution in [1.29, 1.82) is 0 Å². The van der Waals surface area contributed by atoms with E-state index in [1.807, 2.05) is 24.3 Å². The summed E-state index contributed by atoms with van der Waals surface area (Å²) in [6.07, 6.45) is 0. The van der Waals surface area contributed by atoms with Crippen LogP contribution in [0.25, 0.3) is 0 Å². The molecule has 2 nitrogen and oxygen atoms in total. The Morgan fingerprint density at radius 2 is 1.60 bits per heavy atom. The molecule has 0 heterocycles. The van der Waals surface area contributed by atoms with E-state index in [9.17, 15) is 4.79 Å². The Balaban J connectivity index is 2.18. The van der Waals surface area contributed by atoms with E-state index in [-0.39, 0.29) is 11.2 Å². The number of carbonyl (C=O) groups excluding carboxylic acids is 1. The lowest BCUT2D eigenvalue weighted by Gasteiger charge is -2.19. The minimum absolute atomic E-state index is 0.0403. The van der Waals surface area contributed by atoms with Crippen molar-refractivity contribution in [1.82, 2.24) is 0 Å². The van der Waals surface area contributed by atoms with Crippen LogP contribution in [0.4, 0.5) is 0 Å². The van der Waals surface area contributed by atoms with Gasteiger partial charge < -0.3 is 4.74 Å². The first kappa shape index (κ1) is 14.3. The minimum Gasteiger partial charge on any atom is -0.457 e. The molecule has 0 fully saturated rings. The molecule has 0 atom stereocenters. The molecule has 104 valence electrons. The number of hydrogen-bond acceptors (Lipinski definition) is 2. The standard InChI is InChI=1S/C18H20O2/c1-13(19)14-6-5-7-17(12-14)20-16-10-8-15(9-11-16)18(2,3)4/h5-12H,1-4H3. The predicted octanol–water partition coefficient (Wildman–Crippen LogP) is 4.98. The number of benzene rings is 2. The van der Waals surface area contributed by atoms with Crippen LogP contribution in [0.1, 0.15) is 43.6 Å². The predicted molar refractivity (Wildman–Crippen MR) is 81.7 cm³/mol. The van der Waals surface area contributed by atoms with E-state index in [1.165, 1.54) is 5.56 Å². The van der Waals surface area contributed by atoms with Crippen LogP contribution < -0.4 is 4.74 Å². The molecule has 2 aromatic rings. The van der Waals surface area contributed by atoms with Crippen LogP contribution in [-0.2, 0) is 5.41 Å². The Bertz CT molecular complexity index is 604. The highest BCUT2D eigenvalue weighted by molar-refractivity contribution is 5.94. The monoisotopic (exact) mass is 268 g/mol. The van der Waals surface area contributed by atoms with E-state index < -0.39 is 0 Å². The molecule has 0 spiro atoms. The smallest absolute Gasteiger partial charge is 0.159 e. The Morgan fingerprint density at radius 3 is 2.15 bits per heavy atom. The summed E-state index contributed by atoms with van der Waals surface area (Å²) in [5.41, 5.74) is 2.06. The lowest BCUT2D eigenvalue weighted by atomic mass is 9.87. The van der Waals surface area contributed by atoms with E-state index in [0.29, 0.717) is 11.3 Å². The minimum atomic E-state index is 0.0403. The van der Waals surface area contributed by atoms with E-state index in [2.05, 4.69) is 32.9 Å². The third-order valence-electron chi connectivity index (χ3n) is 3.20. The van der Waals surface area contributed by atoms with Gasteiger partial charge in [-0.05, 0) is 42.2 Å². The summed E-state index contributed by atoms with van der Waals surface area (Å²) in [5, 5.41) is 0. The Morgan fingerprint density at radius 1 is 0.950 bits per heavy atom. The molecule has 2 heteroatoms.